The fourth-order valence-corrected chi connectivity index (χ4v) is 0.811. The van der Waals surface area contributed by atoms with Crippen molar-refractivity contribution < 1.29 is 20.1 Å². The summed E-state index contributed by atoms with van der Waals surface area (Å²) >= 11 is 0. The molecule has 4 heteroatoms. The molecule has 3 unspecified atom stereocenters. The van der Waals surface area contributed by atoms with Crippen molar-refractivity contribution in [2.45, 2.75) is 31.7 Å². The van der Waals surface area contributed by atoms with Crippen molar-refractivity contribution in [1.82, 2.24) is 0 Å². The molecule has 0 rings (SSSR count). The van der Waals surface area contributed by atoms with Gasteiger partial charge in [-0.05, 0) is 6.42 Å². The molecule has 4 nitrogen and oxygen atoms in total. The third kappa shape index (κ3) is 3.16. The summed E-state index contributed by atoms with van der Waals surface area (Å²) in [6.07, 6.45) is -2.08. The monoisotopic (exact) mass is 164 g/mol. The Morgan fingerprint density at radius 3 is 2.18 bits per heavy atom. The first-order valence-electron chi connectivity index (χ1n) is 3.67. The highest BCUT2D eigenvalue weighted by molar-refractivity contribution is 4.74. The van der Waals surface area contributed by atoms with Gasteiger partial charge in [0.15, 0.2) is 0 Å². The third-order valence-corrected chi connectivity index (χ3v) is 1.68. The zero-order valence-corrected chi connectivity index (χ0v) is 6.90. The molecule has 0 fully saturated rings. The maximum atomic E-state index is 9.24. The van der Waals surface area contributed by atoms with Crippen molar-refractivity contribution in [1.29, 1.82) is 0 Å². The summed E-state index contributed by atoms with van der Waals surface area (Å²) in [5.41, 5.74) is 0. The second-order valence-corrected chi connectivity index (χ2v) is 2.42. The summed E-state index contributed by atoms with van der Waals surface area (Å²) in [6, 6.07) is 0. The van der Waals surface area contributed by atoms with Crippen molar-refractivity contribution >= 4 is 0 Å². The van der Waals surface area contributed by atoms with Gasteiger partial charge < -0.3 is 20.1 Å². The maximum Gasteiger partial charge on any atom is 0.109 e. The second kappa shape index (κ2) is 5.49. The van der Waals surface area contributed by atoms with E-state index in [0.29, 0.717) is 6.42 Å². The van der Waals surface area contributed by atoms with Crippen LogP contribution in [0.2, 0.25) is 0 Å². The molecule has 68 valence electrons. The van der Waals surface area contributed by atoms with Gasteiger partial charge in [0.1, 0.15) is 12.2 Å². The maximum absolute atomic E-state index is 9.24. The standard InChI is InChI=1S/C7H16O4/c1-3-5(9)7(10)6(4-8)11-2/h5-10H,3-4H2,1-2H3. The Bertz CT molecular complexity index is 92.4. The van der Waals surface area contributed by atoms with Crippen LogP contribution in [0.3, 0.4) is 0 Å². The molecule has 0 aromatic carbocycles. The molecule has 3 N–H and O–H groups in total. The second-order valence-electron chi connectivity index (χ2n) is 2.42. The summed E-state index contributed by atoms with van der Waals surface area (Å²) in [6.45, 7) is 1.46. The number of aliphatic hydroxyl groups excluding tert-OH is 3. The molecule has 0 amide bonds. The van der Waals surface area contributed by atoms with Gasteiger partial charge in [-0.2, -0.15) is 0 Å². The topological polar surface area (TPSA) is 69.9 Å². The van der Waals surface area contributed by atoms with Crippen LogP contribution in [0.4, 0.5) is 0 Å². The Kier molecular flexibility index (Phi) is 5.41. The van der Waals surface area contributed by atoms with E-state index >= 15 is 0 Å². The lowest BCUT2D eigenvalue weighted by molar-refractivity contribution is -0.0929. The van der Waals surface area contributed by atoms with E-state index in [1.165, 1.54) is 7.11 Å². The van der Waals surface area contributed by atoms with Crippen LogP contribution < -0.4 is 0 Å². The minimum absolute atomic E-state index is 0.283. The highest BCUT2D eigenvalue weighted by Crippen LogP contribution is 2.05. The number of hydrogen-bond donors (Lipinski definition) is 3. The normalized spacial score (nSPS) is 19.4. The fourth-order valence-electron chi connectivity index (χ4n) is 0.811. The lowest BCUT2D eigenvalue weighted by atomic mass is 10.1. The number of methoxy groups -OCH3 is 1. The van der Waals surface area contributed by atoms with Crippen molar-refractivity contribution in [3.05, 3.63) is 0 Å². The van der Waals surface area contributed by atoms with E-state index in [1.807, 2.05) is 0 Å². The van der Waals surface area contributed by atoms with E-state index in [1.54, 1.807) is 6.92 Å². The van der Waals surface area contributed by atoms with E-state index in [-0.39, 0.29) is 6.61 Å². The van der Waals surface area contributed by atoms with Crippen LogP contribution in [0.5, 0.6) is 0 Å². The molecule has 0 bridgehead atoms. The van der Waals surface area contributed by atoms with Gasteiger partial charge in [0.2, 0.25) is 0 Å². The van der Waals surface area contributed by atoms with Gasteiger partial charge in [-0.3, -0.25) is 0 Å². The van der Waals surface area contributed by atoms with Crippen molar-refractivity contribution in [3.8, 4) is 0 Å². The highest BCUT2D eigenvalue weighted by atomic mass is 16.5. The molecule has 0 aromatic heterocycles. The lowest BCUT2D eigenvalue weighted by Gasteiger charge is -2.23. The summed E-state index contributed by atoms with van der Waals surface area (Å²) in [7, 11) is 1.38. The molecule has 3 atom stereocenters. The molecular formula is C7H16O4. The predicted octanol–water partition coefficient (Wildman–Crippen LogP) is -0.875. The SMILES string of the molecule is CCC(O)C(O)C(CO)OC. The van der Waals surface area contributed by atoms with E-state index in [9.17, 15) is 5.11 Å². The van der Waals surface area contributed by atoms with E-state index < -0.39 is 18.3 Å². The zero-order valence-electron chi connectivity index (χ0n) is 6.90. The third-order valence-electron chi connectivity index (χ3n) is 1.68. The van der Waals surface area contributed by atoms with Crippen molar-refractivity contribution in [2.75, 3.05) is 13.7 Å². The smallest absolute Gasteiger partial charge is 0.109 e. The largest absolute Gasteiger partial charge is 0.394 e. The zero-order chi connectivity index (χ0) is 8.85. The van der Waals surface area contributed by atoms with E-state index in [2.05, 4.69) is 0 Å². The van der Waals surface area contributed by atoms with Crippen LogP contribution in [0.1, 0.15) is 13.3 Å². The van der Waals surface area contributed by atoms with E-state index in [4.69, 9.17) is 14.9 Å². The quantitative estimate of drug-likeness (QED) is 0.494. The molecule has 0 aromatic rings. The number of hydrogen-bond acceptors (Lipinski definition) is 4. The Balaban J connectivity index is 3.86. The predicted molar refractivity (Wildman–Crippen MR) is 40.2 cm³/mol. The molecule has 0 spiro atoms. The molecule has 0 saturated heterocycles. The summed E-state index contributed by atoms with van der Waals surface area (Å²) in [4.78, 5) is 0. The fraction of sp³-hybridized carbons (Fsp3) is 1.00. The minimum atomic E-state index is -1.00. The Labute approximate surface area is 66.4 Å². The van der Waals surface area contributed by atoms with Gasteiger partial charge in [0.05, 0.1) is 12.7 Å². The molecule has 0 saturated carbocycles. The van der Waals surface area contributed by atoms with Gasteiger partial charge in [-0.25, -0.2) is 0 Å². The summed E-state index contributed by atoms with van der Waals surface area (Å²) in [5, 5.41) is 27.0. The molecule has 0 aliphatic rings. The molecule has 0 aliphatic carbocycles. The van der Waals surface area contributed by atoms with E-state index in [0.717, 1.165) is 0 Å². The van der Waals surface area contributed by atoms with Crippen LogP contribution in [0.25, 0.3) is 0 Å². The number of ether oxygens (including phenoxy) is 1. The highest BCUT2D eigenvalue weighted by Gasteiger charge is 2.23. The summed E-state index contributed by atoms with van der Waals surface area (Å²) in [5.74, 6) is 0. The van der Waals surface area contributed by atoms with Crippen LogP contribution in [0.15, 0.2) is 0 Å². The first kappa shape index (κ1) is 10.8. The number of rotatable bonds is 5. The van der Waals surface area contributed by atoms with Crippen LogP contribution in [-0.2, 0) is 4.74 Å². The average Bonchev–Trinajstić information content (AvgIpc) is 2.05. The Hall–Kier alpha value is -0.160. The van der Waals surface area contributed by atoms with Gasteiger partial charge in [-0.1, -0.05) is 6.92 Å². The molecule has 0 radical (unpaired) electrons. The first-order valence-corrected chi connectivity index (χ1v) is 3.67. The average molecular weight is 164 g/mol. The summed E-state index contributed by atoms with van der Waals surface area (Å²) < 4.78 is 4.72. The van der Waals surface area contributed by atoms with Crippen LogP contribution >= 0.6 is 0 Å². The Morgan fingerprint density at radius 1 is 1.36 bits per heavy atom. The minimum Gasteiger partial charge on any atom is -0.394 e. The molecule has 0 heterocycles. The first-order chi connectivity index (χ1) is 5.17. The van der Waals surface area contributed by atoms with Gasteiger partial charge >= 0.3 is 0 Å². The lowest BCUT2D eigenvalue weighted by Crippen LogP contribution is -2.40. The molecular weight excluding hydrogens is 148 g/mol. The van der Waals surface area contributed by atoms with Crippen LogP contribution in [0, 0.1) is 0 Å². The Morgan fingerprint density at radius 2 is 1.91 bits per heavy atom. The molecule has 11 heavy (non-hydrogen) atoms. The van der Waals surface area contributed by atoms with Crippen molar-refractivity contribution in [3.63, 3.8) is 0 Å². The molecule has 0 aliphatic heterocycles. The number of aliphatic hydroxyl groups is 3. The van der Waals surface area contributed by atoms with Gasteiger partial charge in [0.25, 0.3) is 0 Å². The van der Waals surface area contributed by atoms with Gasteiger partial charge in [0, 0.05) is 7.11 Å². The van der Waals surface area contributed by atoms with Crippen LogP contribution in [-0.4, -0.2) is 47.3 Å². The van der Waals surface area contributed by atoms with Crippen molar-refractivity contribution in [2.24, 2.45) is 0 Å². The van der Waals surface area contributed by atoms with Gasteiger partial charge in [-0.15, -0.1) is 0 Å².